The largest absolute Gasteiger partial charge is 0.477 e. The molecule has 0 radical (unpaired) electrons. The SMILES string of the molecule is CC(C)(C)OC(=O)NC(C(=O)N[C@@H]1C(=O)N2C(C(=O)O)=C(Cl)CS[C@@H]12)c1ccc2sccc2c1. The van der Waals surface area contributed by atoms with Gasteiger partial charge in [0, 0.05) is 10.5 Å². The fraction of sp³-hybridized carbons (Fsp3) is 0.364. The van der Waals surface area contributed by atoms with E-state index in [-0.39, 0.29) is 16.5 Å². The van der Waals surface area contributed by atoms with Crippen LogP contribution in [0.4, 0.5) is 4.79 Å². The number of amides is 3. The van der Waals surface area contributed by atoms with Gasteiger partial charge in [0.05, 0.1) is 5.03 Å². The highest BCUT2D eigenvalue weighted by Gasteiger charge is 2.54. The Morgan fingerprint density at radius 3 is 2.68 bits per heavy atom. The van der Waals surface area contributed by atoms with Gasteiger partial charge in [0.25, 0.3) is 5.91 Å². The molecule has 180 valence electrons. The van der Waals surface area contributed by atoms with E-state index in [1.807, 2.05) is 17.5 Å². The second kappa shape index (κ2) is 9.12. The number of rotatable bonds is 5. The lowest BCUT2D eigenvalue weighted by atomic mass is 10.0. The molecule has 12 heteroatoms. The number of β-lactam (4-membered cyclic amide) rings is 1. The van der Waals surface area contributed by atoms with E-state index in [1.165, 1.54) is 11.8 Å². The van der Waals surface area contributed by atoms with Gasteiger partial charge in [-0.1, -0.05) is 17.7 Å². The number of aliphatic carboxylic acids is 1. The molecule has 0 aliphatic carbocycles. The van der Waals surface area contributed by atoms with Crippen molar-refractivity contribution in [3.05, 3.63) is 45.9 Å². The molecule has 4 rings (SSSR count). The lowest BCUT2D eigenvalue weighted by Gasteiger charge is -2.49. The summed E-state index contributed by atoms with van der Waals surface area (Å²) >= 11 is 8.81. The number of thiophene rings is 1. The van der Waals surface area contributed by atoms with Gasteiger partial charge >= 0.3 is 12.1 Å². The van der Waals surface area contributed by atoms with Gasteiger partial charge in [-0.3, -0.25) is 14.5 Å². The Kier molecular flexibility index (Phi) is 6.54. The third-order valence-corrected chi connectivity index (χ3v) is 7.80. The van der Waals surface area contributed by atoms with E-state index in [0.29, 0.717) is 5.56 Å². The molecular weight excluding hydrogens is 502 g/mol. The van der Waals surface area contributed by atoms with Crippen molar-refractivity contribution in [2.45, 2.75) is 43.8 Å². The number of nitrogens with zero attached hydrogens (tertiary/aromatic N) is 1. The number of carbonyl (C=O) groups is 4. The topological polar surface area (TPSA) is 125 Å². The maximum absolute atomic E-state index is 13.3. The Bertz CT molecular complexity index is 1220. The summed E-state index contributed by atoms with van der Waals surface area (Å²) in [6.45, 7) is 5.12. The molecule has 1 aromatic carbocycles. The minimum atomic E-state index is -1.30. The zero-order valence-electron chi connectivity index (χ0n) is 18.5. The van der Waals surface area contributed by atoms with Crippen LogP contribution >= 0.6 is 34.7 Å². The Morgan fingerprint density at radius 1 is 1.26 bits per heavy atom. The first-order chi connectivity index (χ1) is 16.0. The van der Waals surface area contributed by atoms with Crippen LogP contribution in [0.5, 0.6) is 0 Å². The fourth-order valence-corrected chi connectivity index (χ4v) is 6.03. The summed E-state index contributed by atoms with van der Waals surface area (Å²) in [6, 6.07) is 5.20. The summed E-state index contributed by atoms with van der Waals surface area (Å²) in [5.74, 6) is -2.29. The molecule has 2 aliphatic heterocycles. The number of alkyl carbamates (subject to hydrolysis) is 1. The molecule has 3 atom stereocenters. The quantitative estimate of drug-likeness (QED) is 0.513. The normalized spacial score (nSPS) is 20.9. The Hall–Kier alpha value is -2.76. The summed E-state index contributed by atoms with van der Waals surface area (Å²) in [7, 11) is 0. The highest BCUT2D eigenvalue weighted by atomic mass is 35.5. The van der Waals surface area contributed by atoms with Gasteiger partial charge in [-0.2, -0.15) is 0 Å². The lowest BCUT2D eigenvalue weighted by molar-refractivity contribution is -0.150. The molecule has 1 saturated heterocycles. The van der Waals surface area contributed by atoms with E-state index in [1.54, 1.807) is 44.2 Å². The van der Waals surface area contributed by atoms with Crippen molar-refractivity contribution in [3.63, 3.8) is 0 Å². The van der Waals surface area contributed by atoms with E-state index >= 15 is 0 Å². The smallest absolute Gasteiger partial charge is 0.408 e. The molecule has 0 spiro atoms. The van der Waals surface area contributed by atoms with Crippen molar-refractivity contribution < 1.29 is 29.0 Å². The van der Waals surface area contributed by atoms with E-state index < -0.39 is 46.9 Å². The lowest BCUT2D eigenvalue weighted by Crippen LogP contribution is -2.71. The highest BCUT2D eigenvalue weighted by molar-refractivity contribution is 8.00. The third-order valence-electron chi connectivity index (χ3n) is 5.16. The molecule has 1 aromatic heterocycles. The van der Waals surface area contributed by atoms with Crippen LogP contribution in [-0.2, 0) is 19.1 Å². The Morgan fingerprint density at radius 2 is 2.00 bits per heavy atom. The molecule has 3 amide bonds. The van der Waals surface area contributed by atoms with E-state index in [4.69, 9.17) is 16.3 Å². The van der Waals surface area contributed by atoms with Crippen LogP contribution in [0, 0.1) is 0 Å². The first-order valence-corrected chi connectivity index (χ1v) is 12.6. The maximum Gasteiger partial charge on any atom is 0.408 e. The van der Waals surface area contributed by atoms with Crippen LogP contribution < -0.4 is 10.6 Å². The molecule has 0 saturated carbocycles. The molecule has 1 fully saturated rings. The van der Waals surface area contributed by atoms with Crippen molar-refractivity contribution in [3.8, 4) is 0 Å². The number of ether oxygens (including phenoxy) is 1. The number of carboxylic acid groups (broad SMARTS) is 1. The molecular formula is C22H22ClN3O6S2. The molecule has 1 unspecified atom stereocenters. The van der Waals surface area contributed by atoms with Gasteiger partial charge < -0.3 is 20.5 Å². The van der Waals surface area contributed by atoms with Gasteiger partial charge in [-0.15, -0.1) is 23.1 Å². The summed E-state index contributed by atoms with van der Waals surface area (Å²) in [5.41, 5.74) is -0.527. The number of hydrogen-bond acceptors (Lipinski definition) is 7. The predicted octanol–water partition coefficient (Wildman–Crippen LogP) is 3.40. The number of benzene rings is 1. The number of carboxylic acids is 1. The zero-order valence-corrected chi connectivity index (χ0v) is 20.8. The standard InChI is InChI=1S/C22H22ClN3O6S2/c1-22(2,3)32-21(31)25-14(11-4-5-13-10(8-11)6-7-33-13)17(27)24-15-18(28)26-16(20(29)30)12(23)9-34-19(15)26/h4-8,14-15,19H,9H2,1-3H3,(H,24,27)(H,25,31)(H,29,30)/t14?,15-,19+/m1/s1. The molecule has 3 N–H and O–H groups in total. The van der Waals surface area contributed by atoms with Gasteiger partial charge in [0.2, 0.25) is 5.91 Å². The van der Waals surface area contributed by atoms with Gasteiger partial charge in [0.15, 0.2) is 0 Å². The monoisotopic (exact) mass is 523 g/mol. The van der Waals surface area contributed by atoms with Crippen molar-refractivity contribution in [1.29, 1.82) is 0 Å². The molecule has 2 aliphatic rings. The number of halogens is 1. The summed E-state index contributed by atoms with van der Waals surface area (Å²) < 4.78 is 6.35. The molecule has 0 bridgehead atoms. The highest BCUT2D eigenvalue weighted by Crippen LogP contribution is 2.41. The predicted molar refractivity (Wildman–Crippen MR) is 129 cm³/mol. The second-order valence-corrected chi connectivity index (χ2v) is 11.3. The second-order valence-electron chi connectivity index (χ2n) is 8.75. The number of fused-ring (bicyclic) bond motifs is 2. The minimum absolute atomic E-state index is 0.0698. The maximum atomic E-state index is 13.3. The van der Waals surface area contributed by atoms with E-state index in [0.717, 1.165) is 15.0 Å². The van der Waals surface area contributed by atoms with Crippen LogP contribution in [0.3, 0.4) is 0 Å². The number of thioether (sulfide) groups is 1. The van der Waals surface area contributed by atoms with Crippen molar-refractivity contribution in [2.24, 2.45) is 0 Å². The summed E-state index contributed by atoms with van der Waals surface area (Å²) in [6.07, 6.45) is -0.783. The van der Waals surface area contributed by atoms with Crippen molar-refractivity contribution >= 4 is 68.7 Å². The number of nitrogens with one attached hydrogen (secondary N) is 2. The van der Waals surface area contributed by atoms with Crippen LogP contribution in [0.15, 0.2) is 40.4 Å². The third kappa shape index (κ3) is 4.73. The van der Waals surface area contributed by atoms with Crippen LogP contribution in [0.2, 0.25) is 0 Å². The van der Waals surface area contributed by atoms with Crippen molar-refractivity contribution in [2.75, 3.05) is 5.75 Å². The average Bonchev–Trinajstić information content (AvgIpc) is 3.21. The molecule has 9 nitrogen and oxygen atoms in total. The molecule has 3 heterocycles. The van der Waals surface area contributed by atoms with Crippen molar-refractivity contribution in [1.82, 2.24) is 15.5 Å². The first-order valence-electron chi connectivity index (χ1n) is 10.3. The summed E-state index contributed by atoms with van der Waals surface area (Å²) in [5, 5.41) is 17.0. The van der Waals surface area contributed by atoms with Gasteiger partial charge in [-0.05, 0) is 55.3 Å². The minimum Gasteiger partial charge on any atom is -0.477 e. The zero-order chi connectivity index (χ0) is 24.8. The Labute approximate surface area is 208 Å². The van der Waals surface area contributed by atoms with Gasteiger partial charge in [-0.25, -0.2) is 9.59 Å². The summed E-state index contributed by atoms with van der Waals surface area (Å²) in [4.78, 5) is 51.2. The number of carbonyl (C=O) groups excluding carboxylic acids is 3. The molecule has 34 heavy (non-hydrogen) atoms. The van der Waals surface area contributed by atoms with Crippen LogP contribution in [0.25, 0.3) is 10.1 Å². The first kappa shape index (κ1) is 24.4. The van der Waals surface area contributed by atoms with Crippen LogP contribution in [0.1, 0.15) is 32.4 Å². The number of hydrogen-bond donors (Lipinski definition) is 3. The average molecular weight is 524 g/mol. The fourth-order valence-electron chi connectivity index (χ4n) is 3.71. The van der Waals surface area contributed by atoms with Crippen LogP contribution in [-0.4, -0.2) is 56.7 Å². The Balaban J connectivity index is 1.57. The van der Waals surface area contributed by atoms with E-state index in [2.05, 4.69) is 10.6 Å². The van der Waals surface area contributed by atoms with E-state index in [9.17, 15) is 24.3 Å². The molecule has 2 aromatic rings. The van der Waals surface area contributed by atoms with Gasteiger partial charge in [0.1, 0.15) is 28.8 Å².